The van der Waals surface area contributed by atoms with Crippen LogP contribution in [-0.2, 0) is 24.1 Å². The highest BCUT2D eigenvalue weighted by atomic mass is 16.3. The second-order valence-corrected chi connectivity index (χ2v) is 5.82. The van der Waals surface area contributed by atoms with Crippen molar-refractivity contribution in [1.29, 1.82) is 0 Å². The van der Waals surface area contributed by atoms with Crippen molar-refractivity contribution >= 4 is 11.7 Å². The molecule has 1 aromatic carbocycles. The van der Waals surface area contributed by atoms with Crippen molar-refractivity contribution in [2.24, 2.45) is 0 Å². The van der Waals surface area contributed by atoms with Crippen LogP contribution in [0.5, 0.6) is 0 Å². The number of anilines is 1. The highest BCUT2D eigenvalue weighted by molar-refractivity contribution is 5.92. The fraction of sp³-hybridized carbons (Fsp3) is 0.222. The van der Waals surface area contributed by atoms with Gasteiger partial charge in [0.05, 0.1) is 18.9 Å². The number of hydrogen-bond acceptors (Lipinski definition) is 3. The van der Waals surface area contributed by atoms with Crippen molar-refractivity contribution in [3.05, 3.63) is 59.7 Å². The number of furan rings is 1. The SMILES string of the molecule is O=C(Cc1ccc(-c2ccoc2)cc1)Nc1n[nH]c2c1CCC2. The minimum atomic E-state index is -0.0396. The summed E-state index contributed by atoms with van der Waals surface area (Å²) in [6.45, 7) is 0. The lowest BCUT2D eigenvalue weighted by atomic mass is 10.1. The van der Waals surface area contributed by atoms with Gasteiger partial charge in [0.15, 0.2) is 5.82 Å². The number of carbonyl (C=O) groups is 1. The molecule has 0 spiro atoms. The number of aromatic amines is 1. The molecule has 2 heterocycles. The Balaban J connectivity index is 1.42. The number of aryl methyl sites for hydroxylation is 1. The van der Waals surface area contributed by atoms with Crippen molar-refractivity contribution in [3.8, 4) is 11.1 Å². The van der Waals surface area contributed by atoms with Gasteiger partial charge in [-0.25, -0.2) is 0 Å². The molecule has 0 aliphatic heterocycles. The Bertz CT molecular complexity index is 817. The molecule has 3 aromatic rings. The van der Waals surface area contributed by atoms with E-state index >= 15 is 0 Å². The number of fused-ring (bicyclic) bond motifs is 1. The van der Waals surface area contributed by atoms with Crippen molar-refractivity contribution in [1.82, 2.24) is 10.2 Å². The second-order valence-electron chi connectivity index (χ2n) is 5.82. The first-order valence-corrected chi connectivity index (χ1v) is 7.77. The maximum Gasteiger partial charge on any atom is 0.230 e. The van der Waals surface area contributed by atoms with Gasteiger partial charge >= 0.3 is 0 Å². The van der Waals surface area contributed by atoms with E-state index in [0.29, 0.717) is 12.2 Å². The number of nitrogens with zero attached hydrogens (tertiary/aromatic N) is 1. The van der Waals surface area contributed by atoms with Gasteiger partial charge in [0.1, 0.15) is 0 Å². The Morgan fingerprint density at radius 1 is 1.17 bits per heavy atom. The first kappa shape index (κ1) is 13.8. The zero-order chi connectivity index (χ0) is 15.6. The van der Waals surface area contributed by atoms with Crippen molar-refractivity contribution in [3.63, 3.8) is 0 Å². The molecular formula is C18H17N3O2. The zero-order valence-corrected chi connectivity index (χ0v) is 12.6. The van der Waals surface area contributed by atoms with Gasteiger partial charge in [-0.3, -0.25) is 9.89 Å². The Kier molecular flexibility index (Phi) is 3.46. The fourth-order valence-electron chi connectivity index (χ4n) is 3.03. The van der Waals surface area contributed by atoms with E-state index in [1.807, 2.05) is 30.3 Å². The van der Waals surface area contributed by atoms with Crippen LogP contribution in [0.4, 0.5) is 5.82 Å². The van der Waals surface area contributed by atoms with Gasteiger partial charge in [0.2, 0.25) is 5.91 Å². The van der Waals surface area contributed by atoms with E-state index < -0.39 is 0 Å². The van der Waals surface area contributed by atoms with E-state index in [1.54, 1.807) is 12.5 Å². The second kappa shape index (κ2) is 5.76. The molecule has 0 fully saturated rings. The van der Waals surface area contributed by atoms with Crippen LogP contribution in [0.2, 0.25) is 0 Å². The number of amides is 1. The van der Waals surface area contributed by atoms with Gasteiger partial charge in [0, 0.05) is 16.8 Å². The van der Waals surface area contributed by atoms with Crippen LogP contribution in [0.3, 0.4) is 0 Å². The van der Waals surface area contributed by atoms with E-state index in [1.165, 1.54) is 0 Å². The molecule has 0 bridgehead atoms. The summed E-state index contributed by atoms with van der Waals surface area (Å²) in [6.07, 6.45) is 6.84. The number of nitrogens with one attached hydrogen (secondary N) is 2. The first-order chi connectivity index (χ1) is 11.3. The van der Waals surface area contributed by atoms with Gasteiger partial charge in [-0.1, -0.05) is 24.3 Å². The quantitative estimate of drug-likeness (QED) is 0.776. The lowest BCUT2D eigenvalue weighted by Gasteiger charge is -2.05. The van der Waals surface area contributed by atoms with Gasteiger partial charge < -0.3 is 9.73 Å². The highest BCUT2D eigenvalue weighted by Crippen LogP contribution is 2.26. The number of rotatable bonds is 4. The molecule has 0 saturated heterocycles. The molecule has 2 N–H and O–H groups in total. The van der Waals surface area contributed by atoms with Gasteiger partial charge in [-0.15, -0.1) is 0 Å². The topological polar surface area (TPSA) is 70.9 Å². The average molecular weight is 307 g/mol. The van der Waals surface area contributed by atoms with E-state index in [4.69, 9.17) is 4.42 Å². The Morgan fingerprint density at radius 2 is 2.04 bits per heavy atom. The van der Waals surface area contributed by atoms with Crippen LogP contribution < -0.4 is 5.32 Å². The first-order valence-electron chi connectivity index (χ1n) is 7.77. The average Bonchev–Trinajstić information content (AvgIpc) is 3.27. The summed E-state index contributed by atoms with van der Waals surface area (Å²) in [7, 11) is 0. The number of aromatic nitrogens is 2. The molecule has 5 nitrogen and oxygen atoms in total. The van der Waals surface area contributed by atoms with Gasteiger partial charge in [0.25, 0.3) is 0 Å². The van der Waals surface area contributed by atoms with Crippen molar-refractivity contribution < 1.29 is 9.21 Å². The smallest absolute Gasteiger partial charge is 0.230 e. The molecule has 1 amide bonds. The van der Waals surface area contributed by atoms with E-state index in [2.05, 4.69) is 15.5 Å². The number of hydrogen-bond donors (Lipinski definition) is 2. The third-order valence-electron chi connectivity index (χ3n) is 4.24. The van der Waals surface area contributed by atoms with E-state index in [9.17, 15) is 4.79 Å². The molecule has 0 unspecified atom stereocenters. The molecule has 2 aromatic heterocycles. The van der Waals surface area contributed by atoms with Gasteiger partial charge in [-0.05, 0) is 36.5 Å². The highest BCUT2D eigenvalue weighted by Gasteiger charge is 2.19. The molecule has 23 heavy (non-hydrogen) atoms. The summed E-state index contributed by atoms with van der Waals surface area (Å²) in [5, 5.41) is 10.1. The normalized spacial score (nSPS) is 13.0. The summed E-state index contributed by atoms with van der Waals surface area (Å²) in [4.78, 5) is 12.2. The molecule has 0 atom stereocenters. The zero-order valence-electron chi connectivity index (χ0n) is 12.6. The van der Waals surface area contributed by atoms with Crippen LogP contribution in [0, 0.1) is 0 Å². The molecule has 116 valence electrons. The monoisotopic (exact) mass is 307 g/mol. The number of benzene rings is 1. The molecule has 4 rings (SSSR count). The predicted molar refractivity (Wildman–Crippen MR) is 87.1 cm³/mol. The maximum atomic E-state index is 12.2. The van der Waals surface area contributed by atoms with Crippen LogP contribution >= 0.6 is 0 Å². The summed E-state index contributed by atoms with van der Waals surface area (Å²) < 4.78 is 5.08. The Labute approximate surface area is 133 Å². The molecule has 1 aliphatic rings. The number of carbonyl (C=O) groups excluding carboxylic acids is 1. The van der Waals surface area contributed by atoms with Gasteiger partial charge in [-0.2, -0.15) is 5.10 Å². The van der Waals surface area contributed by atoms with Crippen LogP contribution in [-0.4, -0.2) is 16.1 Å². The predicted octanol–water partition coefficient (Wildman–Crippen LogP) is 3.34. The third kappa shape index (κ3) is 2.77. The molecule has 1 aliphatic carbocycles. The number of H-pyrrole nitrogens is 1. The summed E-state index contributed by atoms with van der Waals surface area (Å²) in [5.41, 5.74) is 5.40. The van der Waals surface area contributed by atoms with Crippen LogP contribution in [0.1, 0.15) is 23.2 Å². The standard InChI is InChI=1S/C18H17N3O2/c22-17(19-18-15-2-1-3-16(15)20-21-18)10-12-4-6-13(7-5-12)14-8-9-23-11-14/h4-9,11H,1-3,10H2,(H2,19,20,21,22). The van der Waals surface area contributed by atoms with E-state index in [0.717, 1.165) is 47.2 Å². The summed E-state index contributed by atoms with van der Waals surface area (Å²) in [6, 6.07) is 9.85. The Morgan fingerprint density at radius 3 is 2.83 bits per heavy atom. The fourth-order valence-corrected chi connectivity index (χ4v) is 3.03. The lowest BCUT2D eigenvalue weighted by Crippen LogP contribution is -2.15. The lowest BCUT2D eigenvalue weighted by molar-refractivity contribution is -0.115. The largest absolute Gasteiger partial charge is 0.472 e. The summed E-state index contributed by atoms with van der Waals surface area (Å²) in [5.74, 6) is 0.653. The van der Waals surface area contributed by atoms with Crippen molar-refractivity contribution in [2.75, 3.05) is 5.32 Å². The van der Waals surface area contributed by atoms with Crippen molar-refractivity contribution in [2.45, 2.75) is 25.7 Å². The van der Waals surface area contributed by atoms with Crippen LogP contribution in [0.25, 0.3) is 11.1 Å². The van der Waals surface area contributed by atoms with E-state index in [-0.39, 0.29) is 5.91 Å². The minimum Gasteiger partial charge on any atom is -0.472 e. The Hall–Kier alpha value is -2.82. The maximum absolute atomic E-state index is 12.2. The molecule has 0 saturated carbocycles. The molecular weight excluding hydrogens is 290 g/mol. The van der Waals surface area contributed by atoms with Crippen LogP contribution in [0.15, 0.2) is 47.3 Å². The minimum absolute atomic E-state index is 0.0396. The molecule has 5 heteroatoms. The third-order valence-corrected chi connectivity index (χ3v) is 4.24. The summed E-state index contributed by atoms with van der Waals surface area (Å²) >= 11 is 0. The molecule has 0 radical (unpaired) electrons.